The fourth-order valence-electron chi connectivity index (χ4n) is 2.27. The van der Waals surface area contributed by atoms with Gasteiger partial charge < -0.3 is 4.90 Å². The monoisotopic (exact) mass is 394 g/mol. The molecule has 8 heteroatoms. The van der Waals surface area contributed by atoms with Crippen molar-refractivity contribution in [2.24, 2.45) is 4.99 Å². The topological polar surface area (TPSA) is 49.7 Å². The van der Waals surface area contributed by atoms with Crippen molar-refractivity contribution in [2.45, 2.75) is 31.1 Å². The molecule has 2 rings (SSSR count). The molecule has 0 amide bonds. The number of halogens is 3. The highest BCUT2D eigenvalue weighted by Gasteiger charge is 2.25. The van der Waals surface area contributed by atoms with Crippen molar-refractivity contribution in [1.29, 1.82) is 0 Å². The molecule has 1 aromatic rings. The average Bonchev–Trinajstić information content (AvgIpc) is 2.53. The summed E-state index contributed by atoms with van der Waals surface area (Å²) in [6.07, 6.45) is 3.11. The van der Waals surface area contributed by atoms with Gasteiger partial charge in [-0.2, -0.15) is 0 Å². The van der Waals surface area contributed by atoms with Crippen LogP contribution in [0.2, 0.25) is 0 Å². The van der Waals surface area contributed by atoms with Gasteiger partial charge in [-0.05, 0) is 49.9 Å². The van der Waals surface area contributed by atoms with E-state index in [0.717, 1.165) is 37.9 Å². The smallest absolute Gasteiger partial charge is 0.226 e. The molecular weight excluding hydrogens is 379 g/mol. The largest absolute Gasteiger partial charge is 0.347 e. The maximum Gasteiger partial charge on any atom is 0.226 e. The Balaban J connectivity index is 2.38. The van der Waals surface area contributed by atoms with Crippen LogP contribution in [-0.2, 0) is 9.84 Å². The number of rotatable bonds is 3. The van der Waals surface area contributed by atoms with Gasteiger partial charge in [-0.3, -0.25) is 0 Å². The van der Waals surface area contributed by atoms with E-state index >= 15 is 0 Å². The Morgan fingerprint density at radius 1 is 1.04 bits per heavy atom. The highest BCUT2D eigenvalue weighted by atomic mass is 35.5. The summed E-state index contributed by atoms with van der Waals surface area (Å²) in [6.45, 7) is 3.34. The summed E-state index contributed by atoms with van der Waals surface area (Å²) in [7, 11) is -3.93. The van der Waals surface area contributed by atoms with Gasteiger partial charge in [-0.1, -0.05) is 40.9 Å². The minimum absolute atomic E-state index is 0.0729. The molecule has 1 aliphatic rings. The molecule has 0 N–H and O–H groups in total. The zero-order valence-corrected chi connectivity index (χ0v) is 15.7. The molecule has 1 saturated heterocycles. The molecule has 1 fully saturated rings. The average molecular weight is 396 g/mol. The van der Waals surface area contributed by atoms with Crippen LogP contribution in [0.5, 0.6) is 0 Å². The van der Waals surface area contributed by atoms with Gasteiger partial charge >= 0.3 is 0 Å². The SMILES string of the molecule is Cc1ccc(S(=O)(=O)C(/N=C(\Cl)N2CCCCC2)=C(Cl)Cl)cc1. The second-order valence-corrected chi connectivity index (χ2v) is 8.46. The molecule has 0 atom stereocenters. The molecule has 0 bridgehead atoms. The van der Waals surface area contributed by atoms with E-state index in [2.05, 4.69) is 4.99 Å². The number of hydrogen-bond donors (Lipinski definition) is 0. The third-order valence-electron chi connectivity index (χ3n) is 3.56. The van der Waals surface area contributed by atoms with E-state index < -0.39 is 19.4 Å². The second kappa shape index (κ2) is 7.88. The first kappa shape index (κ1) is 18.6. The van der Waals surface area contributed by atoms with E-state index in [0.29, 0.717) is 0 Å². The minimum Gasteiger partial charge on any atom is -0.347 e. The maximum absolute atomic E-state index is 12.7. The van der Waals surface area contributed by atoms with Gasteiger partial charge in [0, 0.05) is 13.1 Å². The van der Waals surface area contributed by atoms with Crippen molar-refractivity contribution in [1.82, 2.24) is 4.90 Å². The number of piperidine rings is 1. The van der Waals surface area contributed by atoms with E-state index in [1.54, 1.807) is 12.1 Å². The van der Waals surface area contributed by atoms with Gasteiger partial charge in [-0.25, -0.2) is 13.4 Å². The van der Waals surface area contributed by atoms with Crippen molar-refractivity contribution in [3.63, 3.8) is 0 Å². The number of amidine groups is 1. The normalized spacial score (nSPS) is 16.3. The zero-order chi connectivity index (χ0) is 17.0. The number of likely N-dealkylation sites (tertiary alicyclic amines) is 1. The number of aliphatic imine (C=N–C) groups is 1. The zero-order valence-electron chi connectivity index (χ0n) is 12.6. The molecule has 0 unspecified atom stereocenters. The number of benzene rings is 1. The summed E-state index contributed by atoms with van der Waals surface area (Å²) in [5, 5.41) is -0.338. The van der Waals surface area contributed by atoms with Crippen molar-refractivity contribution in [3.8, 4) is 0 Å². The molecule has 1 aliphatic heterocycles. The third kappa shape index (κ3) is 4.63. The summed E-state index contributed by atoms with van der Waals surface area (Å²) in [5.41, 5.74) is 0.946. The van der Waals surface area contributed by atoms with Crippen LogP contribution < -0.4 is 0 Å². The van der Waals surface area contributed by atoms with Crippen molar-refractivity contribution < 1.29 is 8.42 Å². The lowest BCUT2D eigenvalue weighted by molar-refractivity contribution is 0.347. The van der Waals surface area contributed by atoms with E-state index in [-0.39, 0.29) is 10.2 Å². The molecule has 1 aromatic carbocycles. The lowest BCUT2D eigenvalue weighted by Gasteiger charge is -2.26. The van der Waals surface area contributed by atoms with Gasteiger partial charge in [-0.15, -0.1) is 0 Å². The first-order valence-electron chi connectivity index (χ1n) is 7.18. The van der Waals surface area contributed by atoms with Crippen LogP contribution in [0.4, 0.5) is 0 Å². The van der Waals surface area contributed by atoms with Gasteiger partial charge in [0.25, 0.3) is 0 Å². The number of hydrogen-bond acceptors (Lipinski definition) is 3. The predicted molar refractivity (Wildman–Crippen MR) is 95.8 cm³/mol. The first-order valence-corrected chi connectivity index (χ1v) is 9.80. The fourth-order valence-corrected chi connectivity index (χ4v) is 4.39. The first-order chi connectivity index (χ1) is 10.8. The molecule has 0 saturated carbocycles. The molecule has 23 heavy (non-hydrogen) atoms. The van der Waals surface area contributed by atoms with E-state index in [1.807, 2.05) is 11.8 Å². The molecule has 0 aromatic heterocycles. The number of nitrogens with zero attached hydrogens (tertiary/aromatic N) is 2. The molecule has 1 heterocycles. The van der Waals surface area contributed by atoms with Crippen LogP contribution in [0.1, 0.15) is 24.8 Å². The predicted octanol–water partition coefficient (Wildman–Crippen LogP) is 4.45. The Morgan fingerprint density at radius 2 is 1.61 bits per heavy atom. The third-order valence-corrected chi connectivity index (χ3v) is 6.16. The highest BCUT2D eigenvalue weighted by Crippen LogP contribution is 2.28. The van der Waals surface area contributed by atoms with Crippen molar-refractivity contribution >= 4 is 49.9 Å². The summed E-state index contributed by atoms with van der Waals surface area (Å²) in [6, 6.07) is 6.38. The van der Waals surface area contributed by atoms with Crippen molar-refractivity contribution in [3.05, 3.63) is 39.3 Å². The summed E-state index contributed by atoms with van der Waals surface area (Å²) in [5.74, 6) is 0. The molecular formula is C15H17Cl3N2O2S. The molecule has 0 aliphatic carbocycles. The van der Waals surface area contributed by atoms with Crippen LogP contribution in [0.3, 0.4) is 0 Å². The summed E-state index contributed by atoms with van der Waals surface area (Å²) >= 11 is 17.7. The van der Waals surface area contributed by atoms with Crippen LogP contribution in [-0.4, -0.2) is 31.7 Å². The minimum atomic E-state index is -3.93. The standard InChI is InChI=1S/C15H17Cl3N2O2S/c1-11-5-7-12(8-6-11)23(21,22)14(13(16)17)19-15(18)20-9-3-2-4-10-20/h5-8H,2-4,9-10H2,1H3/b19-15+. The van der Waals surface area contributed by atoms with Gasteiger partial charge in [0.1, 0.15) is 4.49 Å². The summed E-state index contributed by atoms with van der Waals surface area (Å²) in [4.78, 5) is 5.90. The highest BCUT2D eigenvalue weighted by molar-refractivity contribution is 7.95. The van der Waals surface area contributed by atoms with Crippen LogP contribution in [0, 0.1) is 6.92 Å². The van der Waals surface area contributed by atoms with E-state index in [4.69, 9.17) is 34.8 Å². The summed E-state index contributed by atoms with van der Waals surface area (Å²) < 4.78 is 25.0. The molecule has 126 valence electrons. The van der Waals surface area contributed by atoms with Gasteiger partial charge in [0.2, 0.25) is 9.84 Å². The second-order valence-electron chi connectivity index (χ2n) is 5.31. The van der Waals surface area contributed by atoms with Crippen LogP contribution in [0.15, 0.2) is 43.7 Å². The fraction of sp³-hybridized carbons (Fsp3) is 0.400. The Hall–Kier alpha value is -0.750. The molecule has 0 radical (unpaired) electrons. The van der Waals surface area contributed by atoms with Gasteiger partial charge in [0.05, 0.1) is 4.90 Å². The quantitative estimate of drug-likeness (QED) is 0.431. The van der Waals surface area contributed by atoms with Crippen LogP contribution in [0.25, 0.3) is 0 Å². The molecule has 0 spiro atoms. The number of sulfone groups is 1. The van der Waals surface area contributed by atoms with E-state index in [1.165, 1.54) is 12.1 Å². The Kier molecular flexibility index (Phi) is 6.37. The molecule has 4 nitrogen and oxygen atoms in total. The van der Waals surface area contributed by atoms with Crippen LogP contribution >= 0.6 is 34.8 Å². The Bertz CT molecular complexity index is 718. The Labute approximate surface area is 151 Å². The van der Waals surface area contributed by atoms with E-state index in [9.17, 15) is 8.42 Å². The lowest BCUT2D eigenvalue weighted by atomic mass is 10.1. The lowest BCUT2D eigenvalue weighted by Crippen LogP contribution is -2.33. The van der Waals surface area contributed by atoms with Gasteiger partial charge in [0.15, 0.2) is 10.3 Å². The maximum atomic E-state index is 12.7. The Morgan fingerprint density at radius 3 is 2.13 bits per heavy atom. The van der Waals surface area contributed by atoms with Crippen molar-refractivity contribution in [2.75, 3.05) is 13.1 Å². The number of aryl methyl sites for hydroxylation is 1.